The van der Waals surface area contributed by atoms with E-state index < -0.39 is 11.6 Å². The van der Waals surface area contributed by atoms with Gasteiger partial charge >= 0.3 is 0 Å². The molecule has 0 fully saturated rings. The van der Waals surface area contributed by atoms with E-state index in [0.29, 0.717) is 23.7 Å². The summed E-state index contributed by atoms with van der Waals surface area (Å²) in [5.74, 6) is 4.57. The van der Waals surface area contributed by atoms with Crippen LogP contribution in [0.15, 0.2) is 40.9 Å². The van der Waals surface area contributed by atoms with E-state index in [1.165, 1.54) is 12.1 Å². The first-order valence-corrected chi connectivity index (χ1v) is 10.0. The van der Waals surface area contributed by atoms with E-state index in [1.807, 2.05) is 6.07 Å². The Morgan fingerprint density at radius 2 is 2.14 bits per heavy atom. The minimum atomic E-state index is -0.765. The smallest absolute Gasteiger partial charge is 0.165 e. The van der Waals surface area contributed by atoms with Crippen LogP contribution in [0.25, 0.3) is 0 Å². The largest absolute Gasteiger partial charge is 0.492 e. The molecule has 0 aliphatic carbocycles. The highest BCUT2D eigenvalue weighted by Gasteiger charge is 2.19. The van der Waals surface area contributed by atoms with Crippen LogP contribution in [-0.4, -0.2) is 19.4 Å². The van der Waals surface area contributed by atoms with E-state index in [0.717, 1.165) is 34.6 Å². The van der Waals surface area contributed by atoms with Gasteiger partial charge in [-0.3, -0.25) is 11.1 Å². The molecule has 2 aromatic carbocycles. The first-order valence-electron chi connectivity index (χ1n) is 8.83. The highest BCUT2D eigenvalue weighted by Crippen LogP contribution is 2.39. The fourth-order valence-electron chi connectivity index (χ4n) is 2.91. The van der Waals surface area contributed by atoms with Crippen molar-refractivity contribution >= 4 is 29.2 Å². The zero-order chi connectivity index (χ0) is 20.4. The lowest BCUT2D eigenvalue weighted by atomic mass is 10.1. The zero-order valence-electron chi connectivity index (χ0n) is 15.1. The summed E-state index contributed by atoms with van der Waals surface area (Å²) in [7, 11) is 0. The van der Waals surface area contributed by atoms with Crippen LogP contribution in [0.5, 0.6) is 5.75 Å². The Balaban J connectivity index is 1.55. The van der Waals surface area contributed by atoms with Crippen molar-refractivity contribution in [3.63, 3.8) is 0 Å². The van der Waals surface area contributed by atoms with Gasteiger partial charge in [-0.05, 0) is 36.2 Å². The summed E-state index contributed by atoms with van der Waals surface area (Å²) in [6.45, 7) is 0.996. The minimum absolute atomic E-state index is 0.114. The number of rotatable bonds is 3. The summed E-state index contributed by atoms with van der Waals surface area (Å²) in [4.78, 5) is 0.738. The Labute approximate surface area is 176 Å². The molecule has 0 saturated carbocycles. The van der Waals surface area contributed by atoms with Crippen molar-refractivity contribution in [2.24, 2.45) is 5.73 Å². The Kier molecular flexibility index (Phi) is 5.83. The van der Waals surface area contributed by atoms with Crippen molar-refractivity contribution in [2.75, 3.05) is 17.9 Å². The molecule has 0 radical (unpaired) electrons. The topological polar surface area (TPSA) is 71.3 Å². The van der Waals surface area contributed by atoms with Crippen molar-refractivity contribution in [3.8, 4) is 17.6 Å². The van der Waals surface area contributed by atoms with Gasteiger partial charge in [-0.2, -0.15) is 0 Å². The molecule has 5 nitrogen and oxygen atoms in total. The third-order valence-corrected chi connectivity index (χ3v) is 5.44. The Bertz CT molecular complexity index is 1050. The number of anilines is 1. The molecule has 0 saturated heterocycles. The molecule has 4 rings (SSSR count). The van der Waals surface area contributed by atoms with Gasteiger partial charge in [-0.15, -0.1) is 0 Å². The van der Waals surface area contributed by atoms with Crippen molar-refractivity contribution in [3.05, 3.63) is 63.8 Å². The molecule has 150 valence electrons. The third-order valence-electron chi connectivity index (χ3n) is 4.37. The van der Waals surface area contributed by atoms with Gasteiger partial charge in [0, 0.05) is 35.3 Å². The van der Waals surface area contributed by atoms with Gasteiger partial charge < -0.3 is 14.8 Å². The van der Waals surface area contributed by atoms with Gasteiger partial charge in [-0.25, -0.2) is 8.78 Å². The highest BCUT2D eigenvalue weighted by molar-refractivity contribution is 8.00. The van der Waals surface area contributed by atoms with Crippen molar-refractivity contribution in [1.82, 2.24) is 10.6 Å². The van der Waals surface area contributed by atoms with E-state index in [1.54, 1.807) is 12.3 Å². The van der Waals surface area contributed by atoms with Crippen molar-refractivity contribution < 1.29 is 13.5 Å². The summed E-state index contributed by atoms with van der Waals surface area (Å²) in [6.07, 6.45) is 2.04. The predicted octanol–water partition coefficient (Wildman–Crippen LogP) is 3.34. The summed E-state index contributed by atoms with van der Waals surface area (Å²) >= 11 is 7.30. The second-order valence-electron chi connectivity index (χ2n) is 6.42. The van der Waals surface area contributed by atoms with Crippen LogP contribution in [-0.2, 0) is 6.42 Å². The molecule has 2 aromatic rings. The van der Waals surface area contributed by atoms with Gasteiger partial charge in [0.1, 0.15) is 17.9 Å². The first-order chi connectivity index (χ1) is 14.0. The maximum atomic E-state index is 14.9. The fourth-order valence-corrected chi connectivity index (χ4v) is 4.06. The Morgan fingerprint density at radius 3 is 2.93 bits per heavy atom. The molecular weight excluding hydrogens is 418 g/mol. The van der Waals surface area contributed by atoms with E-state index in [-0.39, 0.29) is 17.5 Å². The van der Waals surface area contributed by atoms with Crippen molar-refractivity contribution in [2.45, 2.75) is 17.6 Å². The second kappa shape index (κ2) is 8.51. The van der Waals surface area contributed by atoms with Crippen LogP contribution < -0.4 is 25.8 Å². The molecule has 29 heavy (non-hydrogen) atoms. The molecule has 0 spiro atoms. The molecular formula is C20H17ClF2N4OS. The van der Waals surface area contributed by atoms with Crippen LogP contribution in [0.4, 0.5) is 14.5 Å². The molecule has 1 unspecified atom stereocenters. The predicted molar refractivity (Wildman–Crippen MR) is 111 cm³/mol. The lowest BCUT2D eigenvalue weighted by molar-refractivity contribution is 0.350. The van der Waals surface area contributed by atoms with E-state index in [2.05, 4.69) is 27.2 Å². The van der Waals surface area contributed by atoms with Crippen LogP contribution in [0.1, 0.15) is 11.1 Å². The summed E-state index contributed by atoms with van der Waals surface area (Å²) in [5, 5.41) is 6.37. The molecule has 5 N–H and O–H groups in total. The minimum Gasteiger partial charge on any atom is -0.492 e. The number of fused-ring (bicyclic) bond motifs is 1. The second-order valence-corrected chi connectivity index (χ2v) is 7.71. The van der Waals surface area contributed by atoms with E-state index in [9.17, 15) is 8.78 Å². The SMILES string of the molecule is NC1NC=C(C#Cc2c(F)ccc(NSc3cc(Cl)cc4c3OCC4)c2F)CN1. The highest BCUT2D eigenvalue weighted by atomic mass is 35.5. The van der Waals surface area contributed by atoms with Crippen molar-refractivity contribution in [1.29, 1.82) is 0 Å². The molecule has 2 aliphatic rings. The monoisotopic (exact) mass is 434 g/mol. The average molecular weight is 435 g/mol. The number of nitrogens with one attached hydrogen (secondary N) is 3. The summed E-state index contributed by atoms with van der Waals surface area (Å²) in [6, 6.07) is 6.11. The summed E-state index contributed by atoms with van der Waals surface area (Å²) in [5.41, 5.74) is 7.09. The molecule has 2 heterocycles. The Hall–Kier alpha value is -2.44. The average Bonchev–Trinajstić information content (AvgIpc) is 3.17. The van der Waals surface area contributed by atoms with Gasteiger partial charge in [0.2, 0.25) is 0 Å². The van der Waals surface area contributed by atoms with Gasteiger partial charge in [-0.1, -0.05) is 23.4 Å². The number of halogens is 3. The van der Waals surface area contributed by atoms with Crippen LogP contribution >= 0.6 is 23.5 Å². The lowest BCUT2D eigenvalue weighted by Crippen LogP contribution is -2.50. The van der Waals surface area contributed by atoms with Gasteiger partial charge in [0.05, 0.1) is 22.8 Å². The van der Waals surface area contributed by atoms with Gasteiger partial charge in [0.25, 0.3) is 0 Å². The van der Waals surface area contributed by atoms with E-state index >= 15 is 0 Å². The molecule has 9 heteroatoms. The Morgan fingerprint density at radius 1 is 1.28 bits per heavy atom. The maximum absolute atomic E-state index is 14.9. The number of hydrogen-bond donors (Lipinski definition) is 4. The third kappa shape index (κ3) is 4.43. The summed E-state index contributed by atoms with van der Waals surface area (Å²) < 4.78 is 37.6. The molecule has 0 amide bonds. The van der Waals surface area contributed by atoms with E-state index in [4.69, 9.17) is 22.1 Å². The normalized spacial score (nSPS) is 17.4. The molecule has 0 bridgehead atoms. The molecule has 2 aliphatic heterocycles. The number of benzene rings is 2. The van der Waals surface area contributed by atoms with Crippen LogP contribution in [0, 0.1) is 23.5 Å². The number of ether oxygens (including phenoxy) is 1. The maximum Gasteiger partial charge on any atom is 0.165 e. The van der Waals surface area contributed by atoms with Crippen LogP contribution in [0.2, 0.25) is 5.02 Å². The number of hydrogen-bond acceptors (Lipinski definition) is 6. The van der Waals surface area contributed by atoms with Gasteiger partial charge in [0.15, 0.2) is 5.82 Å². The first kappa shape index (κ1) is 19.9. The standard InChI is InChI=1S/C20H17ClF2N4OS/c21-13-7-12-5-6-28-19(12)17(8-13)29-27-16-4-3-15(22)14(18(16)23)2-1-11-9-25-20(24)26-10-11/h3-4,7-9,20,25-27H,5-6,10,24H2. The molecule has 1 atom stereocenters. The quantitative estimate of drug-likeness (QED) is 0.439. The fraction of sp³-hybridized carbons (Fsp3) is 0.200. The lowest BCUT2D eigenvalue weighted by Gasteiger charge is -2.19. The number of nitrogens with two attached hydrogens (primary N) is 1. The van der Waals surface area contributed by atoms with Crippen LogP contribution in [0.3, 0.4) is 0 Å². The zero-order valence-corrected chi connectivity index (χ0v) is 16.7. The molecule has 0 aromatic heterocycles.